The van der Waals surface area contributed by atoms with Crippen LogP contribution in [-0.2, 0) is 16.1 Å². The molecule has 124 valence electrons. The molecule has 0 unspecified atom stereocenters. The number of primary amides is 1. The summed E-state index contributed by atoms with van der Waals surface area (Å²) in [5.41, 5.74) is 6.14. The van der Waals surface area contributed by atoms with Gasteiger partial charge in [-0.3, -0.25) is 4.79 Å². The Morgan fingerprint density at radius 2 is 2.17 bits per heavy atom. The molecule has 23 heavy (non-hydrogen) atoms. The zero-order chi connectivity index (χ0) is 16.8. The van der Waals surface area contributed by atoms with Crippen molar-refractivity contribution >= 4 is 29.3 Å². The van der Waals surface area contributed by atoms with Gasteiger partial charge in [0.1, 0.15) is 0 Å². The summed E-state index contributed by atoms with van der Waals surface area (Å²) in [6.07, 6.45) is 0.796. The van der Waals surface area contributed by atoms with Crippen LogP contribution in [0.15, 0.2) is 29.4 Å². The van der Waals surface area contributed by atoms with E-state index in [0.29, 0.717) is 29.2 Å². The lowest BCUT2D eigenvalue weighted by molar-refractivity contribution is -0.117. The molecule has 0 saturated carbocycles. The number of amides is 1. The Bertz CT molecular complexity index is 677. The molecule has 0 radical (unpaired) electrons. The van der Waals surface area contributed by atoms with Gasteiger partial charge in [-0.2, -0.15) is 0 Å². The molecule has 0 spiro atoms. The van der Waals surface area contributed by atoms with Gasteiger partial charge in [-0.15, -0.1) is 10.2 Å². The smallest absolute Gasteiger partial charge is 0.230 e. The van der Waals surface area contributed by atoms with Gasteiger partial charge in [0.2, 0.25) is 5.91 Å². The van der Waals surface area contributed by atoms with Crippen LogP contribution in [0.25, 0.3) is 11.4 Å². The van der Waals surface area contributed by atoms with Crippen LogP contribution in [0.2, 0.25) is 5.02 Å². The molecular weight excluding hydrogens is 336 g/mol. The van der Waals surface area contributed by atoms with Crippen molar-refractivity contribution in [2.75, 3.05) is 13.7 Å². The summed E-state index contributed by atoms with van der Waals surface area (Å²) in [4.78, 5) is 11.3. The number of carbonyl (C=O) groups is 1. The van der Waals surface area contributed by atoms with Crippen molar-refractivity contribution in [2.24, 2.45) is 5.73 Å². The second-order valence-electron chi connectivity index (χ2n) is 4.95. The predicted molar refractivity (Wildman–Crippen MR) is 91.5 cm³/mol. The number of aromatic nitrogens is 3. The van der Waals surface area contributed by atoms with E-state index in [-0.39, 0.29) is 11.2 Å². The van der Waals surface area contributed by atoms with Gasteiger partial charge >= 0.3 is 0 Å². The van der Waals surface area contributed by atoms with Crippen LogP contribution in [-0.4, -0.2) is 39.6 Å². The Labute approximate surface area is 144 Å². The summed E-state index contributed by atoms with van der Waals surface area (Å²) in [6.45, 7) is 3.03. The summed E-state index contributed by atoms with van der Waals surface area (Å²) < 4.78 is 7.06. The standard InChI is InChI=1S/C15H19ClN4O2S/c1-10(13(17)21)23-15-19-18-14(20(15)8-5-9-22-2)11-6-3-4-7-12(11)16/h3-4,6-7,10H,5,8-9H2,1-2H3,(H2,17,21)/t10-/m1/s1. The largest absolute Gasteiger partial charge is 0.385 e. The molecule has 0 aliphatic heterocycles. The quantitative estimate of drug-likeness (QED) is 0.582. The lowest BCUT2D eigenvalue weighted by Gasteiger charge is -2.12. The van der Waals surface area contributed by atoms with Crippen molar-refractivity contribution < 1.29 is 9.53 Å². The zero-order valence-electron chi connectivity index (χ0n) is 13.0. The van der Waals surface area contributed by atoms with Gasteiger partial charge in [0, 0.05) is 25.8 Å². The minimum Gasteiger partial charge on any atom is -0.385 e. The van der Waals surface area contributed by atoms with E-state index < -0.39 is 0 Å². The number of carbonyl (C=O) groups excluding carboxylic acids is 1. The van der Waals surface area contributed by atoms with Crippen molar-refractivity contribution in [3.05, 3.63) is 29.3 Å². The molecule has 1 aromatic carbocycles. The minimum absolute atomic E-state index is 0.388. The fourth-order valence-electron chi connectivity index (χ4n) is 2.00. The van der Waals surface area contributed by atoms with Gasteiger partial charge in [0.05, 0.1) is 10.3 Å². The van der Waals surface area contributed by atoms with E-state index >= 15 is 0 Å². The lowest BCUT2D eigenvalue weighted by Crippen LogP contribution is -2.23. The van der Waals surface area contributed by atoms with Gasteiger partial charge in [-0.1, -0.05) is 35.5 Å². The number of thioether (sulfide) groups is 1. The molecule has 1 amide bonds. The lowest BCUT2D eigenvalue weighted by atomic mass is 10.2. The number of hydrogen-bond donors (Lipinski definition) is 1. The molecule has 1 aromatic heterocycles. The van der Waals surface area contributed by atoms with Gasteiger partial charge in [-0.05, 0) is 25.5 Å². The molecular formula is C15H19ClN4O2S. The van der Waals surface area contributed by atoms with E-state index in [0.717, 1.165) is 12.0 Å². The van der Waals surface area contributed by atoms with Crippen LogP contribution in [0, 0.1) is 0 Å². The molecule has 0 aliphatic rings. The Morgan fingerprint density at radius 3 is 2.83 bits per heavy atom. The Kier molecular flexibility index (Phi) is 6.44. The van der Waals surface area contributed by atoms with Crippen LogP contribution in [0.4, 0.5) is 0 Å². The van der Waals surface area contributed by atoms with Crippen molar-refractivity contribution in [1.29, 1.82) is 0 Å². The molecule has 2 N–H and O–H groups in total. The summed E-state index contributed by atoms with van der Waals surface area (Å²) in [7, 11) is 1.66. The Morgan fingerprint density at radius 1 is 1.43 bits per heavy atom. The number of benzene rings is 1. The summed E-state index contributed by atoms with van der Waals surface area (Å²) in [6, 6.07) is 7.46. The molecule has 0 fully saturated rings. The second-order valence-corrected chi connectivity index (χ2v) is 6.66. The first-order valence-electron chi connectivity index (χ1n) is 7.17. The fraction of sp³-hybridized carbons (Fsp3) is 0.400. The third kappa shape index (κ3) is 4.46. The first-order chi connectivity index (χ1) is 11.0. The van der Waals surface area contributed by atoms with Crippen LogP contribution in [0.3, 0.4) is 0 Å². The molecule has 2 rings (SSSR count). The Hall–Kier alpha value is -1.57. The molecule has 1 atom stereocenters. The van der Waals surface area contributed by atoms with E-state index in [2.05, 4.69) is 10.2 Å². The van der Waals surface area contributed by atoms with E-state index in [1.807, 2.05) is 28.8 Å². The van der Waals surface area contributed by atoms with E-state index in [1.54, 1.807) is 14.0 Å². The maximum atomic E-state index is 11.3. The summed E-state index contributed by atoms with van der Waals surface area (Å²) in [5, 5.41) is 9.31. The van der Waals surface area contributed by atoms with Crippen molar-refractivity contribution in [2.45, 2.75) is 30.3 Å². The van der Waals surface area contributed by atoms with Gasteiger partial charge in [-0.25, -0.2) is 0 Å². The third-order valence-electron chi connectivity index (χ3n) is 3.24. The van der Waals surface area contributed by atoms with Gasteiger partial charge < -0.3 is 15.0 Å². The number of hydrogen-bond acceptors (Lipinski definition) is 5. The highest BCUT2D eigenvalue weighted by molar-refractivity contribution is 8.00. The van der Waals surface area contributed by atoms with Crippen LogP contribution in [0.5, 0.6) is 0 Å². The third-order valence-corrected chi connectivity index (χ3v) is 4.67. The monoisotopic (exact) mass is 354 g/mol. The maximum absolute atomic E-state index is 11.3. The number of ether oxygens (including phenoxy) is 1. The predicted octanol–water partition coefficient (Wildman–Crippen LogP) is 2.60. The normalized spacial score (nSPS) is 12.3. The molecule has 2 aromatic rings. The van der Waals surface area contributed by atoms with Crippen LogP contribution >= 0.6 is 23.4 Å². The van der Waals surface area contributed by atoms with Crippen molar-refractivity contribution in [1.82, 2.24) is 14.8 Å². The average Bonchev–Trinajstić information content (AvgIpc) is 2.90. The number of nitrogens with two attached hydrogens (primary N) is 1. The number of rotatable bonds is 8. The highest BCUT2D eigenvalue weighted by Crippen LogP contribution is 2.30. The second kappa shape index (κ2) is 8.33. The summed E-state index contributed by atoms with van der Waals surface area (Å²) in [5.74, 6) is 0.284. The highest BCUT2D eigenvalue weighted by Gasteiger charge is 2.20. The molecule has 0 saturated heterocycles. The molecule has 1 heterocycles. The fourth-order valence-corrected chi connectivity index (χ4v) is 3.05. The van der Waals surface area contributed by atoms with Crippen LogP contribution < -0.4 is 5.73 Å². The Balaban J connectivity index is 2.36. The van der Waals surface area contributed by atoms with E-state index in [9.17, 15) is 4.79 Å². The highest BCUT2D eigenvalue weighted by atomic mass is 35.5. The minimum atomic E-state index is -0.389. The summed E-state index contributed by atoms with van der Waals surface area (Å²) >= 11 is 7.56. The van der Waals surface area contributed by atoms with Crippen LogP contribution in [0.1, 0.15) is 13.3 Å². The molecule has 0 bridgehead atoms. The molecule has 8 heteroatoms. The first kappa shape index (κ1) is 17.8. The first-order valence-corrected chi connectivity index (χ1v) is 8.43. The number of halogens is 1. The number of methoxy groups -OCH3 is 1. The van der Waals surface area contributed by atoms with Crippen molar-refractivity contribution in [3.8, 4) is 11.4 Å². The zero-order valence-corrected chi connectivity index (χ0v) is 14.6. The van der Waals surface area contributed by atoms with E-state index in [1.165, 1.54) is 11.8 Å². The topological polar surface area (TPSA) is 83.0 Å². The number of nitrogens with zero attached hydrogens (tertiary/aromatic N) is 3. The molecule has 0 aliphatic carbocycles. The SMILES string of the molecule is COCCCn1c(S[C@H](C)C(N)=O)nnc1-c1ccccc1Cl. The molecule has 6 nitrogen and oxygen atoms in total. The van der Waals surface area contributed by atoms with Crippen molar-refractivity contribution in [3.63, 3.8) is 0 Å². The van der Waals surface area contributed by atoms with E-state index in [4.69, 9.17) is 22.1 Å². The van der Waals surface area contributed by atoms with Gasteiger partial charge in [0.15, 0.2) is 11.0 Å². The van der Waals surface area contributed by atoms with Gasteiger partial charge in [0.25, 0.3) is 0 Å². The average molecular weight is 355 g/mol. The maximum Gasteiger partial charge on any atom is 0.230 e.